The maximum Gasteiger partial charge on any atom is 0.0656 e. The van der Waals surface area contributed by atoms with Crippen molar-refractivity contribution in [2.75, 3.05) is 6.61 Å². The largest absolute Gasteiger partial charge is 0.382 e. The summed E-state index contributed by atoms with van der Waals surface area (Å²) >= 11 is 0. The Morgan fingerprint density at radius 2 is 0.659 bits per heavy atom. The van der Waals surface area contributed by atoms with Crippen LogP contribution in [0.4, 0.5) is 0 Å². The minimum absolute atomic E-state index is 0.474. The number of ether oxygens (including phenoxy) is 1. The van der Waals surface area contributed by atoms with Gasteiger partial charge in [-0.1, -0.05) is 193 Å². The van der Waals surface area contributed by atoms with Gasteiger partial charge in [-0.15, -0.1) is 0 Å². The topological polar surface area (TPSA) is 9.23 Å². The monoisotopic (exact) mass is 604 g/mol. The number of hydrogen-bond acceptors (Lipinski definition) is 1. The molecular formula is C42H56OSi. The molecule has 0 radical (unpaired) electrons. The summed E-state index contributed by atoms with van der Waals surface area (Å²) in [5.74, 6) is 0. The number of hydrogen-bond donors (Lipinski definition) is 0. The van der Waals surface area contributed by atoms with Gasteiger partial charge < -0.3 is 4.74 Å². The van der Waals surface area contributed by atoms with Crippen LogP contribution in [0.2, 0.25) is 13.1 Å². The van der Waals surface area contributed by atoms with Gasteiger partial charge in [-0.2, -0.15) is 0 Å². The van der Waals surface area contributed by atoms with Crippen molar-refractivity contribution in [2.24, 2.45) is 0 Å². The average Bonchev–Trinajstić information content (AvgIpc) is 3.05. The van der Waals surface area contributed by atoms with Crippen LogP contribution in [0.3, 0.4) is 0 Å². The van der Waals surface area contributed by atoms with E-state index in [-0.39, 0.29) is 0 Å². The van der Waals surface area contributed by atoms with Crippen LogP contribution in [0, 0.1) is 34.6 Å². The van der Waals surface area contributed by atoms with Crippen LogP contribution in [-0.4, -0.2) is 21.1 Å². The van der Waals surface area contributed by atoms with Gasteiger partial charge in [0.25, 0.3) is 0 Å². The molecule has 6 rings (SSSR count). The lowest BCUT2D eigenvalue weighted by Gasteiger charge is -2.24. The van der Waals surface area contributed by atoms with Gasteiger partial charge in [0.2, 0.25) is 0 Å². The second-order valence-corrected chi connectivity index (χ2v) is 14.7. The molecule has 0 aliphatic carbocycles. The molecule has 1 nitrogen and oxygen atoms in total. The zero-order valence-electron chi connectivity index (χ0n) is 28.3. The summed E-state index contributed by atoms with van der Waals surface area (Å²) in [6, 6.07) is 51.3. The highest BCUT2D eigenvalue weighted by molar-refractivity contribution is 6.57. The Balaban J connectivity index is 0.000000265. The van der Waals surface area contributed by atoms with E-state index in [4.69, 9.17) is 4.74 Å². The van der Waals surface area contributed by atoms with Crippen LogP contribution in [0.5, 0.6) is 0 Å². The Hall–Kier alpha value is -3.72. The predicted molar refractivity (Wildman–Crippen MR) is 198 cm³/mol. The second kappa shape index (κ2) is 25.7. The third kappa shape index (κ3) is 22.8. The van der Waals surface area contributed by atoms with Crippen molar-refractivity contribution >= 4 is 8.80 Å². The second-order valence-electron chi connectivity index (χ2n) is 11.4. The van der Waals surface area contributed by atoms with Crippen molar-refractivity contribution < 1.29 is 4.74 Å². The molecule has 1 heterocycles. The summed E-state index contributed by atoms with van der Waals surface area (Å²) in [6.45, 7) is 16.2. The van der Waals surface area contributed by atoms with E-state index in [0.717, 1.165) is 6.61 Å². The molecule has 2 heteroatoms. The average molecular weight is 605 g/mol. The fourth-order valence-electron chi connectivity index (χ4n) is 3.96. The molecular weight excluding hydrogens is 549 g/mol. The fourth-order valence-corrected chi connectivity index (χ4v) is 5.39. The minimum Gasteiger partial charge on any atom is -0.382 e. The molecule has 234 valence electrons. The van der Waals surface area contributed by atoms with E-state index in [1.165, 1.54) is 47.1 Å². The van der Waals surface area contributed by atoms with Gasteiger partial charge in [0, 0.05) is 12.3 Å². The standard InChI is InChI=1S/C7H16OSi.5C7H8/c1-9(2)7-5-3-4-6-8-7;5*1-7-5-3-2-4-6-7/h7,9H,3-6H2,1-2H3;5*2-6H,1H3. The third-order valence-corrected chi connectivity index (χ3v) is 8.67. The summed E-state index contributed by atoms with van der Waals surface area (Å²) in [5, 5.41) is 0. The molecule has 1 fully saturated rings. The van der Waals surface area contributed by atoms with Gasteiger partial charge in [-0.25, -0.2) is 0 Å². The van der Waals surface area contributed by atoms with Gasteiger partial charge in [-0.05, 0) is 53.9 Å². The van der Waals surface area contributed by atoms with Crippen LogP contribution in [0.1, 0.15) is 47.1 Å². The molecule has 5 aromatic rings. The van der Waals surface area contributed by atoms with Crippen molar-refractivity contribution in [3.8, 4) is 0 Å². The Morgan fingerprint density at radius 3 is 0.773 bits per heavy atom. The van der Waals surface area contributed by atoms with Crippen molar-refractivity contribution in [2.45, 2.75) is 72.7 Å². The molecule has 1 aliphatic rings. The van der Waals surface area contributed by atoms with E-state index in [2.05, 4.69) is 108 Å². The lowest BCUT2D eigenvalue weighted by atomic mass is 10.2. The summed E-state index contributed by atoms with van der Waals surface area (Å²) in [6.07, 6.45) is 4.03. The molecule has 1 atom stereocenters. The van der Waals surface area contributed by atoms with Crippen molar-refractivity contribution in [1.82, 2.24) is 0 Å². The summed E-state index contributed by atoms with van der Waals surface area (Å²) in [5.41, 5.74) is 7.30. The van der Waals surface area contributed by atoms with Crippen molar-refractivity contribution in [3.63, 3.8) is 0 Å². The van der Waals surface area contributed by atoms with E-state index in [1.54, 1.807) is 0 Å². The summed E-state index contributed by atoms with van der Waals surface area (Å²) in [4.78, 5) is 0. The molecule has 0 bridgehead atoms. The van der Waals surface area contributed by atoms with Crippen LogP contribution in [0.15, 0.2) is 152 Å². The number of rotatable bonds is 1. The first-order valence-electron chi connectivity index (χ1n) is 16.0. The first kappa shape index (κ1) is 38.3. The highest BCUT2D eigenvalue weighted by Crippen LogP contribution is 2.14. The van der Waals surface area contributed by atoms with Gasteiger partial charge in [0.1, 0.15) is 0 Å². The predicted octanol–water partition coefficient (Wildman–Crippen LogP) is 11.6. The van der Waals surface area contributed by atoms with Gasteiger partial charge in [0.05, 0.1) is 8.80 Å². The Kier molecular flexibility index (Phi) is 22.4. The minimum atomic E-state index is -0.474. The summed E-state index contributed by atoms with van der Waals surface area (Å²) in [7, 11) is -0.474. The number of benzene rings is 5. The molecule has 0 N–H and O–H groups in total. The molecule has 5 aromatic carbocycles. The molecule has 1 saturated heterocycles. The maximum atomic E-state index is 5.60. The first-order valence-corrected chi connectivity index (χ1v) is 19.0. The zero-order valence-corrected chi connectivity index (χ0v) is 29.5. The van der Waals surface area contributed by atoms with Crippen LogP contribution in [0.25, 0.3) is 0 Å². The highest BCUT2D eigenvalue weighted by Gasteiger charge is 2.17. The van der Waals surface area contributed by atoms with Crippen molar-refractivity contribution in [3.05, 3.63) is 179 Å². The Labute approximate surface area is 271 Å². The molecule has 0 saturated carbocycles. The fraction of sp³-hybridized carbons (Fsp3) is 0.286. The Bertz CT molecular complexity index is 1050. The van der Waals surface area contributed by atoms with E-state index < -0.39 is 8.80 Å². The van der Waals surface area contributed by atoms with E-state index >= 15 is 0 Å². The molecule has 44 heavy (non-hydrogen) atoms. The van der Waals surface area contributed by atoms with Crippen LogP contribution in [-0.2, 0) is 4.74 Å². The van der Waals surface area contributed by atoms with Gasteiger partial charge in [0.15, 0.2) is 0 Å². The SMILES string of the molecule is C[SiH](C)C1CCCCO1.Cc1ccccc1.Cc1ccccc1.Cc1ccccc1.Cc1ccccc1.Cc1ccccc1. The lowest BCUT2D eigenvalue weighted by molar-refractivity contribution is 0.0631. The third-order valence-electron chi connectivity index (χ3n) is 6.66. The highest BCUT2D eigenvalue weighted by atomic mass is 28.3. The molecule has 1 unspecified atom stereocenters. The van der Waals surface area contributed by atoms with E-state index in [1.807, 2.05) is 91.0 Å². The molecule has 1 aliphatic heterocycles. The maximum absolute atomic E-state index is 5.60. The van der Waals surface area contributed by atoms with Crippen LogP contribution >= 0.6 is 0 Å². The first-order chi connectivity index (χ1) is 21.3. The van der Waals surface area contributed by atoms with E-state index in [0.29, 0.717) is 5.73 Å². The number of aryl methyl sites for hydroxylation is 5. The molecule has 0 spiro atoms. The van der Waals surface area contributed by atoms with Gasteiger partial charge in [-0.3, -0.25) is 0 Å². The lowest BCUT2D eigenvalue weighted by Crippen LogP contribution is -2.31. The Morgan fingerprint density at radius 1 is 0.409 bits per heavy atom. The smallest absolute Gasteiger partial charge is 0.0656 e. The normalized spacial score (nSPS) is 12.9. The quantitative estimate of drug-likeness (QED) is 0.173. The van der Waals surface area contributed by atoms with Crippen molar-refractivity contribution in [1.29, 1.82) is 0 Å². The summed E-state index contributed by atoms with van der Waals surface area (Å²) < 4.78 is 5.60. The molecule has 0 amide bonds. The zero-order chi connectivity index (χ0) is 32.3. The van der Waals surface area contributed by atoms with E-state index in [9.17, 15) is 0 Å². The van der Waals surface area contributed by atoms with Gasteiger partial charge >= 0.3 is 0 Å². The molecule has 0 aromatic heterocycles. The van der Waals surface area contributed by atoms with Crippen LogP contribution < -0.4 is 0 Å².